The molecule has 138 valence electrons. The Morgan fingerprint density at radius 3 is 2.44 bits per heavy atom. The van der Waals surface area contributed by atoms with Crippen LogP contribution in [0, 0.1) is 0 Å². The van der Waals surface area contributed by atoms with E-state index in [0.717, 1.165) is 10.6 Å². The molecule has 3 aromatic rings. The van der Waals surface area contributed by atoms with Gasteiger partial charge in [-0.15, -0.1) is 11.3 Å². The van der Waals surface area contributed by atoms with Crippen molar-refractivity contribution in [2.24, 2.45) is 5.10 Å². The first-order chi connectivity index (χ1) is 13.1. The summed E-state index contributed by atoms with van der Waals surface area (Å²) in [4.78, 5) is 16.7. The van der Waals surface area contributed by atoms with Crippen LogP contribution in [0.4, 0.5) is 0 Å². The molecule has 0 unspecified atom stereocenters. The number of benzene rings is 2. The molecule has 1 heterocycles. The number of nitrogens with zero attached hydrogens (tertiary/aromatic N) is 2. The van der Waals surface area contributed by atoms with Crippen LogP contribution in [0.2, 0.25) is 5.02 Å². The first-order valence-corrected chi connectivity index (χ1v) is 9.13. The molecule has 1 amide bonds. The molecular weight excluding hydrogens is 386 g/mol. The molecule has 27 heavy (non-hydrogen) atoms. The first kappa shape index (κ1) is 18.9. The number of methoxy groups -OCH3 is 2. The lowest BCUT2D eigenvalue weighted by Gasteiger charge is -2.07. The van der Waals surface area contributed by atoms with Crippen LogP contribution in [0.5, 0.6) is 11.5 Å². The highest BCUT2D eigenvalue weighted by Gasteiger charge is 2.09. The number of nitrogens with one attached hydrogen (secondary N) is 1. The first-order valence-electron chi connectivity index (χ1n) is 7.87. The standard InChI is InChI=1S/C19H16ClN3O3S/c1-25-16-7-13(8-17(9-16)26-2)18(24)23-21-10-15-11-27-19(22-15)12-3-5-14(20)6-4-12/h3-11H,1-2H3,(H,23,24)/b21-10-. The highest BCUT2D eigenvalue weighted by Crippen LogP contribution is 2.25. The SMILES string of the molecule is COc1cc(OC)cc(C(=O)N/N=C\c2csc(-c3ccc(Cl)cc3)n2)c1. The predicted molar refractivity (Wildman–Crippen MR) is 107 cm³/mol. The molecule has 0 radical (unpaired) electrons. The van der Waals surface area contributed by atoms with Crippen LogP contribution < -0.4 is 14.9 Å². The molecule has 0 aliphatic rings. The Balaban J connectivity index is 1.67. The van der Waals surface area contributed by atoms with E-state index < -0.39 is 0 Å². The molecule has 0 bridgehead atoms. The number of carbonyl (C=O) groups excluding carboxylic acids is 1. The van der Waals surface area contributed by atoms with Crippen LogP contribution in [-0.4, -0.2) is 31.3 Å². The summed E-state index contributed by atoms with van der Waals surface area (Å²) in [5.74, 6) is 0.669. The minimum Gasteiger partial charge on any atom is -0.497 e. The third-order valence-electron chi connectivity index (χ3n) is 3.59. The van der Waals surface area contributed by atoms with E-state index in [9.17, 15) is 4.79 Å². The Morgan fingerprint density at radius 1 is 1.15 bits per heavy atom. The molecule has 8 heteroatoms. The van der Waals surface area contributed by atoms with Crippen LogP contribution in [0.1, 0.15) is 16.1 Å². The molecule has 0 fully saturated rings. The highest BCUT2D eigenvalue weighted by atomic mass is 35.5. The molecule has 0 saturated carbocycles. The smallest absolute Gasteiger partial charge is 0.271 e. The summed E-state index contributed by atoms with van der Waals surface area (Å²) in [5.41, 5.74) is 4.47. The van der Waals surface area contributed by atoms with Crippen molar-refractivity contribution in [3.63, 3.8) is 0 Å². The minimum absolute atomic E-state index is 0.378. The summed E-state index contributed by atoms with van der Waals surface area (Å²) in [6, 6.07) is 12.3. The van der Waals surface area contributed by atoms with Crippen LogP contribution in [0.25, 0.3) is 10.6 Å². The van der Waals surface area contributed by atoms with Gasteiger partial charge >= 0.3 is 0 Å². The zero-order valence-electron chi connectivity index (χ0n) is 14.6. The van der Waals surface area contributed by atoms with E-state index in [1.54, 1.807) is 18.2 Å². The maximum Gasteiger partial charge on any atom is 0.271 e. The second kappa shape index (κ2) is 8.66. The van der Waals surface area contributed by atoms with Gasteiger partial charge in [0.1, 0.15) is 16.5 Å². The normalized spacial score (nSPS) is 10.8. The number of halogens is 1. The molecule has 6 nitrogen and oxygen atoms in total. The predicted octanol–water partition coefficient (Wildman–Crippen LogP) is 4.24. The third kappa shape index (κ3) is 4.84. The molecule has 0 saturated heterocycles. The Labute approximate surface area is 165 Å². The Hall–Kier alpha value is -2.90. The van der Waals surface area contributed by atoms with Gasteiger partial charge in [0.2, 0.25) is 0 Å². The summed E-state index contributed by atoms with van der Waals surface area (Å²) in [5, 5.41) is 7.34. The molecule has 1 aromatic heterocycles. The van der Waals surface area contributed by atoms with Crippen molar-refractivity contribution < 1.29 is 14.3 Å². The number of hydrazone groups is 1. The fourth-order valence-electron chi connectivity index (χ4n) is 2.23. The lowest BCUT2D eigenvalue weighted by molar-refractivity contribution is 0.0954. The van der Waals surface area contributed by atoms with Crippen LogP contribution in [0.3, 0.4) is 0 Å². The van der Waals surface area contributed by atoms with Gasteiger partial charge in [-0.25, -0.2) is 10.4 Å². The van der Waals surface area contributed by atoms with Gasteiger partial charge in [-0.05, 0) is 24.3 Å². The second-order valence-electron chi connectivity index (χ2n) is 5.38. The van der Waals surface area contributed by atoms with E-state index >= 15 is 0 Å². The van der Waals surface area contributed by atoms with Crippen LogP contribution in [0.15, 0.2) is 52.9 Å². The summed E-state index contributed by atoms with van der Waals surface area (Å²) in [6.07, 6.45) is 1.49. The Bertz CT molecular complexity index is 948. The van der Waals surface area contributed by atoms with E-state index in [1.807, 2.05) is 29.6 Å². The zero-order chi connectivity index (χ0) is 19.2. The van der Waals surface area contributed by atoms with Crippen LogP contribution in [-0.2, 0) is 0 Å². The number of amides is 1. The van der Waals surface area contributed by atoms with Crippen molar-refractivity contribution in [1.82, 2.24) is 10.4 Å². The summed E-state index contributed by atoms with van der Waals surface area (Å²) < 4.78 is 10.3. The second-order valence-corrected chi connectivity index (χ2v) is 6.68. The lowest BCUT2D eigenvalue weighted by Crippen LogP contribution is -2.17. The topological polar surface area (TPSA) is 72.8 Å². The molecule has 1 N–H and O–H groups in total. The van der Waals surface area contributed by atoms with Gasteiger partial charge in [-0.3, -0.25) is 4.79 Å². The average Bonchev–Trinajstić information content (AvgIpc) is 3.16. The monoisotopic (exact) mass is 401 g/mol. The van der Waals surface area contributed by atoms with Crippen molar-refractivity contribution in [3.05, 3.63) is 64.1 Å². The Morgan fingerprint density at radius 2 is 1.81 bits per heavy atom. The minimum atomic E-state index is -0.378. The quantitative estimate of drug-likeness (QED) is 0.495. The fraction of sp³-hybridized carbons (Fsp3) is 0.105. The number of aromatic nitrogens is 1. The maximum absolute atomic E-state index is 12.3. The van der Waals surface area contributed by atoms with E-state index in [0.29, 0.717) is 27.8 Å². The molecule has 0 atom stereocenters. The van der Waals surface area contributed by atoms with Crippen molar-refractivity contribution in [3.8, 4) is 22.1 Å². The Kier molecular flexibility index (Phi) is 6.05. The number of rotatable bonds is 6. The van der Waals surface area contributed by atoms with E-state index in [2.05, 4.69) is 15.5 Å². The van der Waals surface area contributed by atoms with E-state index in [4.69, 9.17) is 21.1 Å². The van der Waals surface area contributed by atoms with Gasteiger partial charge < -0.3 is 9.47 Å². The highest BCUT2D eigenvalue weighted by molar-refractivity contribution is 7.13. The van der Waals surface area contributed by atoms with Crippen LogP contribution >= 0.6 is 22.9 Å². The largest absolute Gasteiger partial charge is 0.497 e. The number of carbonyl (C=O) groups is 1. The van der Waals surface area contributed by atoms with Gasteiger partial charge in [0.25, 0.3) is 5.91 Å². The van der Waals surface area contributed by atoms with Gasteiger partial charge in [-0.1, -0.05) is 23.7 Å². The summed E-state index contributed by atoms with van der Waals surface area (Å²) >= 11 is 7.38. The van der Waals surface area contributed by atoms with Gasteiger partial charge in [0.05, 0.1) is 26.1 Å². The maximum atomic E-state index is 12.3. The third-order valence-corrected chi connectivity index (χ3v) is 4.75. The molecule has 0 spiro atoms. The van der Waals surface area contributed by atoms with E-state index in [1.165, 1.54) is 31.8 Å². The number of hydrogen-bond donors (Lipinski definition) is 1. The zero-order valence-corrected chi connectivity index (χ0v) is 16.2. The molecule has 0 aliphatic carbocycles. The number of thiazole rings is 1. The lowest BCUT2D eigenvalue weighted by atomic mass is 10.2. The number of hydrogen-bond acceptors (Lipinski definition) is 6. The fourth-order valence-corrected chi connectivity index (χ4v) is 3.13. The van der Waals surface area contributed by atoms with Crippen molar-refractivity contribution in [2.75, 3.05) is 14.2 Å². The summed E-state index contributed by atoms with van der Waals surface area (Å²) in [6.45, 7) is 0. The molecule has 3 rings (SSSR count). The van der Waals surface area contributed by atoms with Gasteiger partial charge in [0, 0.05) is 27.6 Å². The molecule has 0 aliphatic heterocycles. The number of ether oxygens (including phenoxy) is 2. The molecule has 2 aromatic carbocycles. The van der Waals surface area contributed by atoms with Gasteiger partial charge in [-0.2, -0.15) is 5.10 Å². The van der Waals surface area contributed by atoms with Gasteiger partial charge in [0.15, 0.2) is 0 Å². The van der Waals surface area contributed by atoms with Crippen molar-refractivity contribution in [1.29, 1.82) is 0 Å². The van der Waals surface area contributed by atoms with Crippen molar-refractivity contribution >= 4 is 35.1 Å². The molecular formula is C19H16ClN3O3S. The van der Waals surface area contributed by atoms with Crippen molar-refractivity contribution in [2.45, 2.75) is 0 Å². The average molecular weight is 402 g/mol. The summed E-state index contributed by atoms with van der Waals surface area (Å²) in [7, 11) is 3.05. The van der Waals surface area contributed by atoms with E-state index in [-0.39, 0.29) is 5.91 Å².